The second-order valence-corrected chi connectivity index (χ2v) is 4.19. The highest BCUT2D eigenvalue weighted by atomic mass is 19.1. The fourth-order valence-corrected chi connectivity index (χ4v) is 1.83. The molecule has 2 rings (SSSR count). The van der Waals surface area contributed by atoms with Crippen LogP contribution in [0.2, 0.25) is 0 Å². The van der Waals surface area contributed by atoms with Gasteiger partial charge < -0.3 is 19.9 Å². The number of aromatic hydroxyl groups is 1. The van der Waals surface area contributed by atoms with Gasteiger partial charge in [0.1, 0.15) is 23.1 Å². The lowest BCUT2D eigenvalue weighted by atomic mass is 10.2. The predicted molar refractivity (Wildman–Crippen MR) is 74.9 cm³/mol. The smallest absolute Gasteiger partial charge is 0.144 e. The highest BCUT2D eigenvalue weighted by molar-refractivity contribution is 5.57. The van der Waals surface area contributed by atoms with Crippen LogP contribution in [0.25, 0.3) is 0 Å². The Labute approximate surface area is 116 Å². The van der Waals surface area contributed by atoms with Crippen LogP contribution in [-0.4, -0.2) is 19.3 Å². The summed E-state index contributed by atoms with van der Waals surface area (Å²) in [7, 11) is 3.04. The topological polar surface area (TPSA) is 50.7 Å². The summed E-state index contributed by atoms with van der Waals surface area (Å²) in [5.74, 6) is 0.870. The first-order valence-corrected chi connectivity index (χ1v) is 6.07. The SMILES string of the molecule is COc1ccc(O)c(CNc2ccc(F)cc2OC)c1. The number of hydrogen-bond acceptors (Lipinski definition) is 4. The van der Waals surface area contributed by atoms with Gasteiger partial charge in [-0.15, -0.1) is 0 Å². The molecule has 0 aliphatic heterocycles. The van der Waals surface area contributed by atoms with Gasteiger partial charge >= 0.3 is 0 Å². The van der Waals surface area contributed by atoms with Crippen LogP contribution in [0.1, 0.15) is 5.56 Å². The van der Waals surface area contributed by atoms with E-state index in [0.717, 1.165) is 0 Å². The van der Waals surface area contributed by atoms with E-state index in [-0.39, 0.29) is 11.6 Å². The average molecular weight is 277 g/mol. The fraction of sp³-hybridized carbons (Fsp3) is 0.200. The molecule has 0 amide bonds. The van der Waals surface area contributed by atoms with Crippen LogP contribution < -0.4 is 14.8 Å². The number of halogens is 1. The number of hydrogen-bond donors (Lipinski definition) is 2. The number of phenols is 1. The molecule has 0 atom stereocenters. The van der Waals surface area contributed by atoms with E-state index in [0.29, 0.717) is 29.3 Å². The molecule has 2 aromatic carbocycles. The molecular formula is C15H16FNO3. The first-order valence-electron chi connectivity index (χ1n) is 6.07. The maximum Gasteiger partial charge on any atom is 0.144 e. The third-order valence-corrected chi connectivity index (χ3v) is 2.92. The first kappa shape index (κ1) is 14.0. The standard InChI is InChI=1S/C15H16FNO3/c1-19-12-4-6-14(18)10(7-12)9-17-13-5-3-11(16)8-15(13)20-2/h3-8,17-18H,9H2,1-2H3. The van der Waals surface area contributed by atoms with E-state index in [1.807, 2.05) is 0 Å². The number of nitrogens with one attached hydrogen (secondary N) is 1. The van der Waals surface area contributed by atoms with Gasteiger partial charge in [0.2, 0.25) is 0 Å². The van der Waals surface area contributed by atoms with Crippen molar-refractivity contribution >= 4 is 5.69 Å². The van der Waals surface area contributed by atoms with Crippen molar-refractivity contribution in [2.75, 3.05) is 19.5 Å². The van der Waals surface area contributed by atoms with E-state index in [2.05, 4.69) is 5.32 Å². The highest BCUT2D eigenvalue weighted by Crippen LogP contribution is 2.28. The Balaban J connectivity index is 2.16. The van der Waals surface area contributed by atoms with E-state index >= 15 is 0 Å². The lowest BCUT2D eigenvalue weighted by Crippen LogP contribution is -2.02. The Hall–Kier alpha value is -2.43. The number of rotatable bonds is 5. The van der Waals surface area contributed by atoms with Gasteiger partial charge in [0.05, 0.1) is 19.9 Å². The normalized spacial score (nSPS) is 10.2. The Morgan fingerprint density at radius 1 is 1.10 bits per heavy atom. The van der Waals surface area contributed by atoms with E-state index in [4.69, 9.17) is 9.47 Å². The second-order valence-electron chi connectivity index (χ2n) is 4.19. The fourth-order valence-electron chi connectivity index (χ4n) is 1.83. The molecule has 0 saturated heterocycles. The minimum absolute atomic E-state index is 0.166. The van der Waals surface area contributed by atoms with Gasteiger partial charge in [-0.2, -0.15) is 0 Å². The molecule has 0 radical (unpaired) electrons. The lowest BCUT2D eigenvalue weighted by Gasteiger charge is -2.12. The van der Waals surface area contributed by atoms with Gasteiger partial charge in [0.15, 0.2) is 0 Å². The molecule has 2 aromatic rings. The molecule has 0 aromatic heterocycles. The number of benzene rings is 2. The minimum Gasteiger partial charge on any atom is -0.508 e. The van der Waals surface area contributed by atoms with Crippen molar-refractivity contribution in [3.8, 4) is 17.2 Å². The van der Waals surface area contributed by atoms with E-state index < -0.39 is 0 Å². The van der Waals surface area contributed by atoms with Gasteiger partial charge in [-0.25, -0.2) is 4.39 Å². The van der Waals surface area contributed by atoms with Gasteiger partial charge in [0, 0.05) is 18.2 Å². The minimum atomic E-state index is -0.364. The van der Waals surface area contributed by atoms with Crippen molar-refractivity contribution in [2.45, 2.75) is 6.54 Å². The van der Waals surface area contributed by atoms with Crippen molar-refractivity contribution in [2.24, 2.45) is 0 Å². The number of phenolic OH excluding ortho intramolecular Hbond substituents is 1. The van der Waals surface area contributed by atoms with Gasteiger partial charge in [-0.3, -0.25) is 0 Å². The Kier molecular flexibility index (Phi) is 4.30. The summed E-state index contributed by atoms with van der Waals surface area (Å²) in [5, 5.41) is 12.9. The molecule has 0 saturated carbocycles. The number of ether oxygens (including phenoxy) is 2. The van der Waals surface area contributed by atoms with E-state index in [9.17, 15) is 9.50 Å². The quantitative estimate of drug-likeness (QED) is 0.881. The molecule has 20 heavy (non-hydrogen) atoms. The third kappa shape index (κ3) is 3.12. The van der Waals surface area contributed by atoms with Crippen molar-refractivity contribution in [1.82, 2.24) is 0 Å². The van der Waals surface area contributed by atoms with Crippen LogP contribution in [0.15, 0.2) is 36.4 Å². The first-order chi connectivity index (χ1) is 9.63. The molecule has 106 valence electrons. The monoisotopic (exact) mass is 277 g/mol. The molecule has 2 N–H and O–H groups in total. The van der Waals surface area contributed by atoms with Gasteiger partial charge in [0.25, 0.3) is 0 Å². The molecule has 5 heteroatoms. The van der Waals surface area contributed by atoms with Crippen LogP contribution in [0.5, 0.6) is 17.2 Å². The summed E-state index contributed by atoms with van der Waals surface area (Å²) in [4.78, 5) is 0. The Morgan fingerprint density at radius 2 is 1.90 bits per heavy atom. The summed E-state index contributed by atoms with van der Waals surface area (Å²) in [6.07, 6.45) is 0. The van der Waals surface area contributed by atoms with Crippen LogP contribution in [0, 0.1) is 5.82 Å². The second kappa shape index (κ2) is 6.14. The summed E-state index contributed by atoms with van der Waals surface area (Å²) in [6, 6.07) is 9.21. The Bertz CT molecular complexity index is 602. The summed E-state index contributed by atoms with van der Waals surface area (Å²) in [5.41, 5.74) is 1.33. The van der Waals surface area contributed by atoms with Gasteiger partial charge in [-0.05, 0) is 30.3 Å². The summed E-state index contributed by atoms with van der Waals surface area (Å²) >= 11 is 0. The maximum atomic E-state index is 13.1. The van der Waals surface area contributed by atoms with Crippen LogP contribution in [-0.2, 0) is 6.54 Å². The Morgan fingerprint density at radius 3 is 2.60 bits per heavy atom. The molecule has 0 heterocycles. The number of anilines is 1. The van der Waals surface area contributed by atoms with Crippen molar-refractivity contribution in [1.29, 1.82) is 0 Å². The summed E-state index contributed by atoms with van der Waals surface area (Å²) in [6.45, 7) is 0.366. The zero-order valence-corrected chi connectivity index (χ0v) is 11.3. The zero-order chi connectivity index (χ0) is 14.5. The molecule has 4 nitrogen and oxygen atoms in total. The zero-order valence-electron chi connectivity index (χ0n) is 11.3. The molecule has 0 aliphatic carbocycles. The molecule has 0 fully saturated rings. The van der Waals surface area contributed by atoms with Crippen molar-refractivity contribution in [3.05, 3.63) is 47.8 Å². The highest BCUT2D eigenvalue weighted by Gasteiger charge is 2.07. The predicted octanol–water partition coefficient (Wildman–Crippen LogP) is 3.16. The third-order valence-electron chi connectivity index (χ3n) is 2.92. The molecular weight excluding hydrogens is 261 g/mol. The van der Waals surface area contributed by atoms with E-state index in [1.54, 1.807) is 31.4 Å². The van der Waals surface area contributed by atoms with Crippen molar-refractivity contribution in [3.63, 3.8) is 0 Å². The summed E-state index contributed by atoms with van der Waals surface area (Å²) < 4.78 is 23.3. The molecule has 0 unspecified atom stereocenters. The number of methoxy groups -OCH3 is 2. The lowest BCUT2D eigenvalue weighted by molar-refractivity contribution is 0.410. The molecule has 0 spiro atoms. The maximum absolute atomic E-state index is 13.1. The average Bonchev–Trinajstić information content (AvgIpc) is 2.47. The molecule has 0 bridgehead atoms. The van der Waals surface area contributed by atoms with Gasteiger partial charge in [-0.1, -0.05) is 0 Å². The van der Waals surface area contributed by atoms with Crippen LogP contribution >= 0.6 is 0 Å². The van der Waals surface area contributed by atoms with Crippen molar-refractivity contribution < 1.29 is 19.0 Å². The van der Waals surface area contributed by atoms with E-state index in [1.165, 1.54) is 19.2 Å². The largest absolute Gasteiger partial charge is 0.508 e. The van der Waals surface area contributed by atoms with Crippen LogP contribution in [0.4, 0.5) is 10.1 Å². The molecule has 0 aliphatic rings. The van der Waals surface area contributed by atoms with Crippen LogP contribution in [0.3, 0.4) is 0 Å².